The summed E-state index contributed by atoms with van der Waals surface area (Å²) in [5, 5.41) is 5.97. The quantitative estimate of drug-likeness (QED) is 0.705. The van der Waals surface area contributed by atoms with Crippen molar-refractivity contribution < 1.29 is 0 Å². The number of hydrogen-bond donors (Lipinski definition) is 1. The van der Waals surface area contributed by atoms with Crippen molar-refractivity contribution in [2.45, 2.75) is 50.5 Å². The fourth-order valence-electron chi connectivity index (χ4n) is 3.26. The molecule has 0 saturated heterocycles. The van der Waals surface area contributed by atoms with Crippen molar-refractivity contribution in [2.75, 3.05) is 6.54 Å². The first-order valence-electron chi connectivity index (χ1n) is 6.13. The van der Waals surface area contributed by atoms with Crippen LogP contribution in [-0.2, 0) is 5.41 Å². The van der Waals surface area contributed by atoms with E-state index in [4.69, 9.17) is 0 Å². The lowest BCUT2D eigenvalue weighted by atomic mass is 9.70. The Bertz CT molecular complexity index is 349. The minimum atomic E-state index is 0.508. The third-order valence-corrected chi connectivity index (χ3v) is 5.38. The van der Waals surface area contributed by atoms with E-state index < -0.39 is 0 Å². The van der Waals surface area contributed by atoms with Crippen LogP contribution in [0, 0.1) is 0 Å². The summed E-state index contributed by atoms with van der Waals surface area (Å²) in [5.41, 5.74) is 2.09. The highest BCUT2D eigenvalue weighted by molar-refractivity contribution is 7.10. The summed E-state index contributed by atoms with van der Waals surface area (Å²) in [7, 11) is 0. The molecule has 1 aromatic heterocycles. The monoisotopic (exact) mass is 221 g/mol. The molecule has 0 radical (unpaired) electrons. The van der Waals surface area contributed by atoms with Crippen LogP contribution in [0.25, 0.3) is 0 Å². The van der Waals surface area contributed by atoms with Crippen molar-refractivity contribution in [2.24, 2.45) is 0 Å². The lowest BCUT2D eigenvalue weighted by Crippen LogP contribution is -2.45. The lowest BCUT2D eigenvalue weighted by Gasteiger charge is -2.42. The van der Waals surface area contributed by atoms with Gasteiger partial charge in [-0.25, -0.2) is 0 Å². The van der Waals surface area contributed by atoms with Gasteiger partial charge in [-0.2, -0.15) is 0 Å². The molecule has 1 spiro atoms. The van der Waals surface area contributed by atoms with Crippen LogP contribution in [0.2, 0.25) is 0 Å². The van der Waals surface area contributed by atoms with Crippen LogP contribution in [-0.4, -0.2) is 6.54 Å². The van der Waals surface area contributed by atoms with E-state index >= 15 is 0 Å². The second kappa shape index (κ2) is 3.60. The van der Waals surface area contributed by atoms with Crippen LogP contribution in [0.15, 0.2) is 11.4 Å². The molecule has 1 nitrogen and oxygen atoms in total. The number of rotatable bonds is 0. The molecule has 2 heterocycles. The molecule has 0 bridgehead atoms. The van der Waals surface area contributed by atoms with E-state index in [9.17, 15) is 0 Å². The van der Waals surface area contributed by atoms with E-state index in [1.807, 2.05) is 11.3 Å². The zero-order chi connectivity index (χ0) is 10.3. The van der Waals surface area contributed by atoms with Crippen LogP contribution in [0.4, 0.5) is 0 Å². The van der Waals surface area contributed by atoms with Crippen molar-refractivity contribution in [3.63, 3.8) is 0 Å². The Kier molecular flexibility index (Phi) is 2.37. The van der Waals surface area contributed by atoms with Crippen LogP contribution >= 0.6 is 11.3 Å². The number of thiophene rings is 1. The minimum Gasteiger partial charge on any atom is -0.309 e. The van der Waals surface area contributed by atoms with Gasteiger partial charge in [0.25, 0.3) is 0 Å². The molecule has 0 amide bonds. The van der Waals surface area contributed by atoms with Crippen LogP contribution < -0.4 is 5.32 Å². The first kappa shape index (κ1) is 9.86. The molecule has 1 fully saturated rings. The van der Waals surface area contributed by atoms with E-state index in [2.05, 4.69) is 23.7 Å². The smallest absolute Gasteiger partial charge is 0.0303 e. The van der Waals surface area contributed by atoms with Gasteiger partial charge in [0.15, 0.2) is 0 Å². The molecule has 1 atom stereocenters. The summed E-state index contributed by atoms with van der Waals surface area (Å²) in [5.74, 6) is 0. The zero-order valence-corrected chi connectivity index (χ0v) is 10.2. The molecule has 1 aliphatic carbocycles. The summed E-state index contributed by atoms with van der Waals surface area (Å²) >= 11 is 1.99. The zero-order valence-electron chi connectivity index (χ0n) is 9.38. The Morgan fingerprint density at radius 2 is 2.13 bits per heavy atom. The largest absolute Gasteiger partial charge is 0.309 e. The van der Waals surface area contributed by atoms with E-state index in [1.54, 1.807) is 10.4 Å². The van der Waals surface area contributed by atoms with Gasteiger partial charge in [0.1, 0.15) is 0 Å². The van der Waals surface area contributed by atoms with Crippen LogP contribution in [0.5, 0.6) is 0 Å². The molecule has 1 aliphatic heterocycles. The minimum absolute atomic E-state index is 0.508. The van der Waals surface area contributed by atoms with Crippen molar-refractivity contribution in [3.8, 4) is 0 Å². The number of hydrogen-bond acceptors (Lipinski definition) is 2. The molecule has 82 valence electrons. The van der Waals surface area contributed by atoms with E-state index in [0.717, 1.165) is 0 Å². The summed E-state index contributed by atoms with van der Waals surface area (Å²) in [6, 6.07) is 2.89. The second-order valence-corrected chi connectivity index (χ2v) is 6.06. The van der Waals surface area contributed by atoms with Crippen LogP contribution in [0.3, 0.4) is 0 Å². The van der Waals surface area contributed by atoms with Gasteiger partial charge >= 0.3 is 0 Å². The van der Waals surface area contributed by atoms with Crippen molar-refractivity contribution in [3.05, 3.63) is 21.9 Å². The Hall–Kier alpha value is -0.340. The predicted octanol–water partition coefficient (Wildman–Crippen LogP) is 3.61. The highest BCUT2D eigenvalue weighted by Gasteiger charge is 2.40. The molecule has 3 rings (SSSR count). The molecule has 2 aliphatic rings. The average Bonchev–Trinajstić information content (AvgIpc) is 2.76. The van der Waals surface area contributed by atoms with Gasteiger partial charge in [0.05, 0.1) is 0 Å². The fourth-order valence-corrected chi connectivity index (χ4v) is 4.52. The van der Waals surface area contributed by atoms with Crippen LogP contribution in [0.1, 0.15) is 55.5 Å². The standard InChI is InChI=1S/C13H19NS/c1-10-11-5-8-15-12(11)13(9-14-10)6-3-2-4-7-13/h5,8,10,14H,2-4,6-7,9H2,1H3. The van der Waals surface area contributed by atoms with Crippen molar-refractivity contribution in [1.82, 2.24) is 5.32 Å². The maximum Gasteiger partial charge on any atom is 0.0303 e. The summed E-state index contributed by atoms with van der Waals surface area (Å²) in [6.07, 6.45) is 7.10. The topological polar surface area (TPSA) is 12.0 Å². The molecule has 2 heteroatoms. The Labute approximate surface area is 95.9 Å². The van der Waals surface area contributed by atoms with Gasteiger partial charge in [-0.1, -0.05) is 19.3 Å². The predicted molar refractivity (Wildman–Crippen MR) is 65.5 cm³/mol. The molecule has 15 heavy (non-hydrogen) atoms. The Morgan fingerprint density at radius 1 is 1.33 bits per heavy atom. The van der Waals surface area contributed by atoms with E-state index in [-0.39, 0.29) is 0 Å². The summed E-state index contributed by atoms with van der Waals surface area (Å²) in [6.45, 7) is 3.50. The van der Waals surface area contributed by atoms with Gasteiger partial charge in [-0.3, -0.25) is 0 Å². The highest BCUT2D eigenvalue weighted by atomic mass is 32.1. The molecule has 1 saturated carbocycles. The summed E-state index contributed by atoms with van der Waals surface area (Å²) < 4.78 is 0. The van der Waals surface area contributed by atoms with Gasteiger partial charge in [0.2, 0.25) is 0 Å². The molecule has 1 aromatic rings. The Morgan fingerprint density at radius 3 is 2.93 bits per heavy atom. The van der Waals surface area contributed by atoms with Gasteiger partial charge < -0.3 is 5.32 Å². The summed E-state index contributed by atoms with van der Waals surface area (Å²) in [4.78, 5) is 1.70. The molecule has 1 N–H and O–H groups in total. The SMILES string of the molecule is CC1NCC2(CCCCC2)c2sccc21. The molecule has 1 unspecified atom stereocenters. The van der Waals surface area contributed by atoms with Gasteiger partial charge in [-0.05, 0) is 36.8 Å². The van der Waals surface area contributed by atoms with Crippen molar-refractivity contribution >= 4 is 11.3 Å². The van der Waals surface area contributed by atoms with E-state index in [0.29, 0.717) is 11.5 Å². The lowest BCUT2D eigenvalue weighted by molar-refractivity contribution is 0.258. The average molecular weight is 221 g/mol. The van der Waals surface area contributed by atoms with Gasteiger partial charge in [0, 0.05) is 22.9 Å². The third kappa shape index (κ3) is 1.46. The van der Waals surface area contributed by atoms with Crippen molar-refractivity contribution in [1.29, 1.82) is 0 Å². The third-order valence-electron chi connectivity index (χ3n) is 4.20. The normalized spacial score (nSPS) is 29.0. The van der Waals surface area contributed by atoms with Gasteiger partial charge in [-0.15, -0.1) is 11.3 Å². The number of fused-ring (bicyclic) bond motifs is 2. The number of nitrogens with one attached hydrogen (secondary N) is 1. The first-order valence-corrected chi connectivity index (χ1v) is 7.01. The molecular formula is C13H19NS. The molecule has 0 aromatic carbocycles. The maximum atomic E-state index is 3.69. The maximum absolute atomic E-state index is 3.69. The highest BCUT2D eigenvalue weighted by Crippen LogP contribution is 2.46. The first-order chi connectivity index (χ1) is 7.32. The molecular weight excluding hydrogens is 202 g/mol. The Balaban J connectivity index is 2.02. The second-order valence-electron chi connectivity index (χ2n) is 5.15. The fraction of sp³-hybridized carbons (Fsp3) is 0.692. The van der Waals surface area contributed by atoms with E-state index in [1.165, 1.54) is 38.6 Å².